The quantitative estimate of drug-likeness (QED) is 0.437. The van der Waals surface area contributed by atoms with Crippen LogP contribution >= 0.6 is 11.3 Å². The lowest BCUT2D eigenvalue weighted by Gasteiger charge is -2.43. The topological polar surface area (TPSA) is 112 Å². The standard InChI is InChI=1S/C25H24N4O5S/c1-2-28-24(31)22(27-18-10-6-12-26-14-18)21(25(32)33)23(19-11-7-13-35-19)29(28)15-20(30)34-16-17-8-4-3-5-9-17/h3-14,23,27H,2,15-16H2,1H3,(H,32,33). The Kier molecular flexibility index (Phi) is 7.54. The van der Waals surface area contributed by atoms with E-state index in [1.165, 1.54) is 27.6 Å². The number of hydrogen-bond acceptors (Lipinski definition) is 8. The van der Waals surface area contributed by atoms with Gasteiger partial charge in [0.05, 0.1) is 23.5 Å². The average molecular weight is 493 g/mol. The van der Waals surface area contributed by atoms with Crippen LogP contribution < -0.4 is 5.32 Å². The fraction of sp³-hybridized carbons (Fsp3) is 0.200. The normalized spacial score (nSPS) is 16.3. The molecular weight excluding hydrogens is 468 g/mol. The maximum atomic E-state index is 13.5. The molecule has 0 radical (unpaired) electrons. The van der Waals surface area contributed by atoms with Gasteiger partial charge < -0.3 is 15.2 Å². The first-order valence-corrected chi connectivity index (χ1v) is 11.8. The Hall–Kier alpha value is -4.02. The van der Waals surface area contributed by atoms with Gasteiger partial charge >= 0.3 is 11.9 Å². The first-order chi connectivity index (χ1) is 17.0. The summed E-state index contributed by atoms with van der Waals surface area (Å²) in [7, 11) is 0. The van der Waals surface area contributed by atoms with Crippen molar-refractivity contribution in [3.63, 3.8) is 0 Å². The highest BCUT2D eigenvalue weighted by molar-refractivity contribution is 7.10. The molecule has 180 valence electrons. The number of anilines is 1. The second-order valence-electron chi connectivity index (χ2n) is 7.64. The third kappa shape index (κ3) is 5.39. The molecule has 0 saturated heterocycles. The number of ether oxygens (including phenoxy) is 1. The molecule has 1 aliphatic heterocycles. The highest BCUT2D eigenvalue weighted by Gasteiger charge is 2.44. The van der Waals surface area contributed by atoms with Gasteiger partial charge in [0.2, 0.25) is 0 Å². The molecule has 0 fully saturated rings. The Balaban J connectivity index is 1.70. The minimum atomic E-state index is -1.26. The Morgan fingerprint density at radius 3 is 2.57 bits per heavy atom. The van der Waals surface area contributed by atoms with Crippen LogP contribution in [0.15, 0.2) is 83.6 Å². The first-order valence-electron chi connectivity index (χ1n) is 11.0. The third-order valence-electron chi connectivity index (χ3n) is 5.41. The highest BCUT2D eigenvalue weighted by atomic mass is 32.1. The predicted octanol–water partition coefficient (Wildman–Crippen LogP) is 3.46. The highest BCUT2D eigenvalue weighted by Crippen LogP contribution is 2.39. The van der Waals surface area contributed by atoms with E-state index in [4.69, 9.17) is 4.74 Å². The number of aliphatic carboxylic acids is 1. The van der Waals surface area contributed by atoms with Crippen LogP contribution in [0, 0.1) is 0 Å². The van der Waals surface area contributed by atoms with Crippen molar-refractivity contribution < 1.29 is 24.2 Å². The van der Waals surface area contributed by atoms with E-state index in [0.717, 1.165) is 5.56 Å². The van der Waals surface area contributed by atoms with E-state index in [1.807, 2.05) is 35.7 Å². The number of nitrogens with zero attached hydrogens (tertiary/aromatic N) is 3. The van der Waals surface area contributed by atoms with Crippen molar-refractivity contribution in [2.24, 2.45) is 0 Å². The average Bonchev–Trinajstić information content (AvgIpc) is 3.40. The van der Waals surface area contributed by atoms with Gasteiger partial charge in [0.25, 0.3) is 5.91 Å². The lowest BCUT2D eigenvalue weighted by molar-refractivity contribution is -0.165. The Bertz CT molecular complexity index is 1220. The van der Waals surface area contributed by atoms with Gasteiger partial charge in [-0.15, -0.1) is 11.3 Å². The Morgan fingerprint density at radius 2 is 1.94 bits per heavy atom. The lowest BCUT2D eigenvalue weighted by Crippen LogP contribution is -2.56. The summed E-state index contributed by atoms with van der Waals surface area (Å²) in [6.45, 7) is 1.76. The second kappa shape index (κ2) is 10.9. The number of carbonyl (C=O) groups excluding carboxylic acids is 2. The first kappa shape index (κ1) is 24.1. The molecule has 3 heterocycles. The molecule has 1 aromatic carbocycles. The fourth-order valence-corrected chi connectivity index (χ4v) is 4.71. The molecule has 1 unspecified atom stereocenters. The van der Waals surface area contributed by atoms with Crippen LogP contribution in [0.5, 0.6) is 0 Å². The van der Waals surface area contributed by atoms with Gasteiger partial charge in [0, 0.05) is 17.6 Å². The summed E-state index contributed by atoms with van der Waals surface area (Å²) in [6, 6.07) is 15.3. The molecule has 0 bridgehead atoms. The van der Waals surface area contributed by atoms with Crippen molar-refractivity contribution in [3.05, 3.63) is 94.1 Å². The van der Waals surface area contributed by atoms with Crippen molar-refractivity contribution in [1.82, 2.24) is 15.0 Å². The summed E-state index contributed by atoms with van der Waals surface area (Å²) < 4.78 is 5.44. The van der Waals surface area contributed by atoms with E-state index in [-0.39, 0.29) is 31.0 Å². The molecule has 4 rings (SSSR count). The molecule has 0 saturated carbocycles. The van der Waals surface area contributed by atoms with Crippen LogP contribution in [0.4, 0.5) is 5.69 Å². The van der Waals surface area contributed by atoms with E-state index in [9.17, 15) is 19.5 Å². The largest absolute Gasteiger partial charge is 0.478 e. The zero-order valence-electron chi connectivity index (χ0n) is 19.0. The van der Waals surface area contributed by atoms with Gasteiger partial charge in [0.1, 0.15) is 18.8 Å². The van der Waals surface area contributed by atoms with Crippen molar-refractivity contribution in [2.75, 3.05) is 18.4 Å². The van der Waals surface area contributed by atoms with Gasteiger partial charge in [-0.25, -0.2) is 4.79 Å². The molecule has 35 heavy (non-hydrogen) atoms. The smallest absolute Gasteiger partial charge is 0.335 e. The van der Waals surface area contributed by atoms with Crippen molar-refractivity contribution in [3.8, 4) is 0 Å². The number of aromatic nitrogens is 1. The van der Waals surface area contributed by atoms with Crippen molar-refractivity contribution in [2.45, 2.75) is 19.6 Å². The number of carboxylic acids is 1. The SMILES string of the molecule is CCN1C(=O)C(Nc2cccnc2)=C(C(=O)O)C(c2cccs2)N1CC(=O)OCc1ccccc1. The number of amides is 1. The summed E-state index contributed by atoms with van der Waals surface area (Å²) in [5, 5.41) is 17.8. The van der Waals surface area contributed by atoms with Gasteiger partial charge in [-0.1, -0.05) is 36.4 Å². The summed E-state index contributed by atoms with van der Waals surface area (Å²) in [5.74, 6) is -2.39. The monoisotopic (exact) mass is 492 g/mol. The zero-order chi connectivity index (χ0) is 24.8. The van der Waals surface area contributed by atoms with E-state index in [2.05, 4.69) is 10.3 Å². The molecular formula is C25H24N4O5S. The predicted molar refractivity (Wildman–Crippen MR) is 130 cm³/mol. The summed E-state index contributed by atoms with van der Waals surface area (Å²) in [5.41, 5.74) is 1.08. The number of carboxylic acid groups (broad SMARTS) is 1. The molecule has 3 aromatic rings. The molecule has 10 heteroatoms. The Morgan fingerprint density at radius 1 is 1.14 bits per heavy atom. The number of nitrogens with one attached hydrogen (secondary N) is 1. The van der Waals surface area contributed by atoms with Gasteiger partial charge in [-0.2, -0.15) is 5.01 Å². The van der Waals surface area contributed by atoms with Crippen LogP contribution in [0.3, 0.4) is 0 Å². The van der Waals surface area contributed by atoms with E-state index in [0.29, 0.717) is 10.6 Å². The number of esters is 1. The molecule has 2 aromatic heterocycles. The number of hydrazine groups is 1. The molecule has 2 N–H and O–H groups in total. The summed E-state index contributed by atoms with van der Waals surface area (Å²) >= 11 is 1.34. The second-order valence-corrected chi connectivity index (χ2v) is 8.62. The maximum Gasteiger partial charge on any atom is 0.335 e. The maximum absolute atomic E-state index is 13.5. The molecule has 1 amide bonds. The van der Waals surface area contributed by atoms with E-state index >= 15 is 0 Å². The minimum Gasteiger partial charge on any atom is -0.478 e. The molecule has 1 aliphatic rings. The number of likely N-dealkylation sites (N-methyl/N-ethyl adjacent to an activating group) is 1. The zero-order valence-corrected chi connectivity index (χ0v) is 19.8. The fourth-order valence-electron chi connectivity index (χ4n) is 3.87. The number of rotatable bonds is 9. The Labute approximate surface area is 206 Å². The van der Waals surface area contributed by atoms with Crippen LogP contribution in [0.2, 0.25) is 0 Å². The van der Waals surface area contributed by atoms with Crippen LogP contribution in [-0.4, -0.2) is 51.0 Å². The summed E-state index contributed by atoms with van der Waals surface area (Å²) in [6.07, 6.45) is 3.08. The van der Waals surface area contributed by atoms with E-state index < -0.39 is 23.9 Å². The number of carbonyl (C=O) groups is 3. The van der Waals surface area contributed by atoms with Gasteiger partial charge in [-0.05, 0) is 36.1 Å². The molecule has 9 nitrogen and oxygen atoms in total. The molecule has 0 spiro atoms. The van der Waals surface area contributed by atoms with E-state index in [1.54, 1.807) is 37.4 Å². The van der Waals surface area contributed by atoms with Crippen LogP contribution in [0.25, 0.3) is 0 Å². The van der Waals surface area contributed by atoms with Crippen LogP contribution in [-0.2, 0) is 25.7 Å². The lowest BCUT2D eigenvalue weighted by atomic mass is 9.98. The summed E-state index contributed by atoms with van der Waals surface area (Å²) in [4.78, 5) is 43.5. The molecule has 0 aliphatic carbocycles. The number of thiophene rings is 1. The number of hydrogen-bond donors (Lipinski definition) is 2. The van der Waals surface area contributed by atoms with Crippen LogP contribution in [0.1, 0.15) is 23.4 Å². The molecule has 1 atom stereocenters. The van der Waals surface area contributed by atoms with Gasteiger partial charge in [-0.3, -0.25) is 19.6 Å². The minimum absolute atomic E-state index is 0.0698. The van der Waals surface area contributed by atoms with Crippen molar-refractivity contribution >= 4 is 34.9 Å². The van der Waals surface area contributed by atoms with Gasteiger partial charge in [0.15, 0.2) is 0 Å². The van der Waals surface area contributed by atoms with Crippen molar-refractivity contribution in [1.29, 1.82) is 0 Å². The number of pyridine rings is 1. The third-order valence-corrected chi connectivity index (χ3v) is 6.33. The number of benzene rings is 1.